The molecular formula is C25H20N4OS. The van der Waals surface area contributed by atoms with Crippen molar-refractivity contribution in [1.29, 1.82) is 0 Å². The highest BCUT2D eigenvalue weighted by Gasteiger charge is 2.17. The summed E-state index contributed by atoms with van der Waals surface area (Å²) in [4.78, 5) is 26.9. The maximum absolute atomic E-state index is 13.3. The molecule has 0 aliphatic carbocycles. The maximum Gasteiger partial charge on any atom is 0.258 e. The van der Waals surface area contributed by atoms with Crippen LogP contribution >= 0.6 is 11.3 Å². The van der Waals surface area contributed by atoms with E-state index < -0.39 is 0 Å². The van der Waals surface area contributed by atoms with Crippen molar-refractivity contribution in [2.45, 2.75) is 20.8 Å². The van der Waals surface area contributed by atoms with Crippen molar-refractivity contribution < 1.29 is 4.79 Å². The van der Waals surface area contributed by atoms with Crippen LogP contribution in [0.5, 0.6) is 0 Å². The number of fused-ring (bicyclic) bond motifs is 2. The second-order valence-electron chi connectivity index (χ2n) is 7.64. The molecule has 0 bridgehead atoms. The Morgan fingerprint density at radius 3 is 2.48 bits per heavy atom. The Morgan fingerprint density at radius 2 is 1.68 bits per heavy atom. The first-order valence-corrected chi connectivity index (χ1v) is 10.8. The molecular weight excluding hydrogens is 404 g/mol. The molecule has 0 radical (unpaired) electrons. The van der Waals surface area contributed by atoms with Crippen molar-refractivity contribution >= 4 is 43.5 Å². The number of para-hydroxylation sites is 1. The van der Waals surface area contributed by atoms with Crippen LogP contribution < -0.4 is 5.32 Å². The van der Waals surface area contributed by atoms with Crippen LogP contribution in [0, 0.1) is 20.8 Å². The lowest BCUT2D eigenvalue weighted by Crippen LogP contribution is -2.13. The Labute approximate surface area is 183 Å². The van der Waals surface area contributed by atoms with Crippen LogP contribution in [0.2, 0.25) is 0 Å². The van der Waals surface area contributed by atoms with Crippen molar-refractivity contribution in [1.82, 2.24) is 15.0 Å². The van der Waals surface area contributed by atoms with E-state index in [-0.39, 0.29) is 5.91 Å². The van der Waals surface area contributed by atoms with Gasteiger partial charge in [-0.2, -0.15) is 0 Å². The minimum Gasteiger partial charge on any atom is -0.298 e. The third-order valence-electron chi connectivity index (χ3n) is 5.49. The molecule has 31 heavy (non-hydrogen) atoms. The smallest absolute Gasteiger partial charge is 0.258 e. The first kappa shape index (κ1) is 19.3. The molecule has 0 unspecified atom stereocenters. The first-order valence-electron chi connectivity index (χ1n) is 9.99. The summed E-state index contributed by atoms with van der Waals surface area (Å²) in [5, 5.41) is 4.42. The zero-order valence-electron chi connectivity index (χ0n) is 17.4. The van der Waals surface area contributed by atoms with Crippen LogP contribution in [0.3, 0.4) is 0 Å². The van der Waals surface area contributed by atoms with E-state index in [9.17, 15) is 4.79 Å². The van der Waals surface area contributed by atoms with Gasteiger partial charge in [0.25, 0.3) is 5.91 Å². The number of carbonyl (C=O) groups excluding carboxylic acids is 1. The predicted octanol–water partition coefficient (Wildman–Crippen LogP) is 6.08. The Kier molecular flexibility index (Phi) is 4.71. The van der Waals surface area contributed by atoms with Gasteiger partial charge in [0.1, 0.15) is 0 Å². The lowest BCUT2D eigenvalue weighted by atomic mass is 10.0. The van der Waals surface area contributed by atoms with E-state index in [0.29, 0.717) is 10.7 Å². The minimum atomic E-state index is -0.194. The molecule has 0 aliphatic rings. The number of nitrogens with one attached hydrogen (secondary N) is 1. The molecule has 0 spiro atoms. The third kappa shape index (κ3) is 3.55. The fourth-order valence-electron chi connectivity index (χ4n) is 3.65. The number of anilines is 1. The highest BCUT2D eigenvalue weighted by Crippen LogP contribution is 2.30. The Bertz CT molecular complexity index is 1420. The highest BCUT2D eigenvalue weighted by molar-refractivity contribution is 7.22. The second kappa shape index (κ2) is 7.56. The lowest BCUT2D eigenvalue weighted by molar-refractivity contribution is 0.102. The minimum absolute atomic E-state index is 0.194. The first-order chi connectivity index (χ1) is 15.0. The van der Waals surface area contributed by atoms with E-state index in [2.05, 4.69) is 41.3 Å². The summed E-state index contributed by atoms with van der Waals surface area (Å²) in [7, 11) is 0. The number of nitrogens with zero attached hydrogens (tertiary/aromatic N) is 3. The van der Waals surface area contributed by atoms with E-state index in [1.807, 2.05) is 43.3 Å². The number of hydrogen-bond acceptors (Lipinski definition) is 5. The van der Waals surface area contributed by atoms with E-state index in [1.54, 1.807) is 12.4 Å². The van der Waals surface area contributed by atoms with E-state index in [1.165, 1.54) is 22.5 Å². The van der Waals surface area contributed by atoms with Gasteiger partial charge in [-0.15, -0.1) is 0 Å². The van der Waals surface area contributed by atoms with Crippen LogP contribution in [0.15, 0.2) is 60.9 Å². The molecule has 0 saturated heterocycles. The molecule has 0 fully saturated rings. The van der Waals surface area contributed by atoms with Gasteiger partial charge in [0.15, 0.2) is 5.13 Å². The summed E-state index contributed by atoms with van der Waals surface area (Å²) < 4.78 is 1.06. The maximum atomic E-state index is 13.3. The van der Waals surface area contributed by atoms with E-state index in [0.717, 1.165) is 37.9 Å². The van der Waals surface area contributed by atoms with Gasteiger partial charge < -0.3 is 0 Å². The zero-order chi connectivity index (χ0) is 21.5. The van der Waals surface area contributed by atoms with Gasteiger partial charge in [-0.25, -0.2) is 9.97 Å². The van der Waals surface area contributed by atoms with Gasteiger partial charge in [-0.3, -0.25) is 15.1 Å². The molecule has 1 amide bonds. The number of pyridine rings is 2. The predicted molar refractivity (Wildman–Crippen MR) is 127 cm³/mol. The topological polar surface area (TPSA) is 67.8 Å². The summed E-state index contributed by atoms with van der Waals surface area (Å²) in [6, 6.07) is 15.7. The monoisotopic (exact) mass is 424 g/mol. The summed E-state index contributed by atoms with van der Waals surface area (Å²) in [5.74, 6) is -0.194. The molecule has 0 saturated carbocycles. The third-order valence-corrected chi connectivity index (χ3v) is 6.42. The number of carbonyl (C=O) groups is 1. The molecule has 3 aromatic heterocycles. The summed E-state index contributed by atoms with van der Waals surface area (Å²) in [6.07, 6.45) is 3.45. The fourth-order valence-corrected chi connectivity index (χ4v) is 4.59. The Morgan fingerprint density at radius 1 is 0.903 bits per heavy atom. The molecule has 3 heterocycles. The number of aromatic nitrogens is 3. The summed E-state index contributed by atoms with van der Waals surface area (Å²) in [5.41, 5.74) is 7.37. The van der Waals surface area contributed by atoms with Crippen molar-refractivity contribution in [2.75, 3.05) is 5.32 Å². The van der Waals surface area contributed by atoms with E-state index >= 15 is 0 Å². The molecule has 5 nitrogen and oxygen atoms in total. The SMILES string of the molecule is Cc1cc2nc(NC(=O)c3cc(-c4ccncc4)nc4c(C)cccc34)sc2cc1C. The molecule has 6 heteroatoms. The van der Waals surface area contributed by atoms with Gasteiger partial charge >= 0.3 is 0 Å². The fraction of sp³-hybridized carbons (Fsp3) is 0.120. The van der Waals surface area contributed by atoms with Gasteiger partial charge in [0, 0.05) is 23.3 Å². The number of hydrogen-bond donors (Lipinski definition) is 1. The standard InChI is InChI=1S/C25H20N4OS/c1-14-5-4-6-18-19(13-20(27-23(14)18)17-7-9-26-10-8-17)24(30)29-25-28-21-11-15(2)16(3)12-22(21)31-25/h4-13H,1-3H3,(H,28,29,30). The van der Waals surface area contributed by atoms with Crippen molar-refractivity contribution in [3.05, 3.63) is 83.2 Å². The normalized spacial score (nSPS) is 11.2. The van der Waals surface area contributed by atoms with Gasteiger partial charge in [0.2, 0.25) is 0 Å². The largest absolute Gasteiger partial charge is 0.298 e. The Balaban J connectivity index is 1.60. The van der Waals surface area contributed by atoms with Crippen LogP contribution in [-0.4, -0.2) is 20.9 Å². The Hall–Kier alpha value is -3.64. The van der Waals surface area contributed by atoms with Crippen LogP contribution in [-0.2, 0) is 0 Å². The number of aryl methyl sites for hydroxylation is 3. The number of rotatable bonds is 3. The van der Waals surface area contributed by atoms with Gasteiger partial charge in [-0.05, 0) is 67.8 Å². The molecule has 2 aromatic carbocycles. The average Bonchev–Trinajstić information content (AvgIpc) is 3.15. The summed E-state index contributed by atoms with van der Waals surface area (Å²) >= 11 is 1.49. The zero-order valence-corrected chi connectivity index (χ0v) is 18.2. The van der Waals surface area contributed by atoms with Crippen LogP contribution in [0.25, 0.3) is 32.4 Å². The van der Waals surface area contributed by atoms with Crippen LogP contribution in [0.4, 0.5) is 5.13 Å². The van der Waals surface area contributed by atoms with Gasteiger partial charge in [0.05, 0.1) is 27.0 Å². The number of amides is 1. The quantitative estimate of drug-likeness (QED) is 0.381. The number of benzene rings is 2. The van der Waals surface area contributed by atoms with Crippen molar-refractivity contribution in [3.8, 4) is 11.3 Å². The summed E-state index contributed by atoms with van der Waals surface area (Å²) in [6.45, 7) is 6.16. The van der Waals surface area contributed by atoms with E-state index in [4.69, 9.17) is 4.98 Å². The average molecular weight is 425 g/mol. The lowest BCUT2D eigenvalue weighted by Gasteiger charge is -2.11. The molecule has 0 aliphatic heterocycles. The molecule has 5 rings (SSSR count). The van der Waals surface area contributed by atoms with Crippen LogP contribution in [0.1, 0.15) is 27.0 Å². The van der Waals surface area contributed by atoms with Gasteiger partial charge in [-0.1, -0.05) is 29.5 Å². The molecule has 1 N–H and O–H groups in total. The highest BCUT2D eigenvalue weighted by atomic mass is 32.1. The van der Waals surface area contributed by atoms with Crippen molar-refractivity contribution in [2.24, 2.45) is 0 Å². The molecule has 0 atom stereocenters. The number of thiazole rings is 1. The second-order valence-corrected chi connectivity index (χ2v) is 8.67. The molecule has 5 aromatic rings. The van der Waals surface area contributed by atoms with Crippen molar-refractivity contribution in [3.63, 3.8) is 0 Å². The molecule has 152 valence electrons.